The molecule has 0 bridgehead atoms. The van der Waals surface area contributed by atoms with Gasteiger partial charge in [-0.1, -0.05) is 17.7 Å². The summed E-state index contributed by atoms with van der Waals surface area (Å²) in [5.41, 5.74) is 0.934. The molecule has 0 spiro atoms. The minimum Gasteiger partial charge on any atom is -0.322 e. The van der Waals surface area contributed by atoms with Gasteiger partial charge >= 0.3 is 0 Å². The highest BCUT2D eigenvalue weighted by Crippen LogP contribution is 2.27. The van der Waals surface area contributed by atoms with Crippen LogP contribution in [0.4, 0.5) is 15.9 Å². The highest BCUT2D eigenvalue weighted by molar-refractivity contribution is 8.00. The van der Waals surface area contributed by atoms with Gasteiger partial charge in [0.1, 0.15) is 11.6 Å². The number of nitrogens with one attached hydrogen (secondary N) is 2. The molecule has 2 N–H and O–H groups in total. The molecule has 1 atom stereocenters. The average molecular weight is 430 g/mol. The Hall–Kier alpha value is -2.90. The van der Waals surface area contributed by atoms with Crippen LogP contribution in [0.2, 0.25) is 5.02 Å². The van der Waals surface area contributed by atoms with Gasteiger partial charge in [0.2, 0.25) is 5.91 Å². The van der Waals surface area contributed by atoms with Gasteiger partial charge in [0.25, 0.3) is 5.91 Å². The molecular weight excluding hydrogens is 413 g/mol. The summed E-state index contributed by atoms with van der Waals surface area (Å²) in [7, 11) is 0. The van der Waals surface area contributed by atoms with E-state index in [9.17, 15) is 14.0 Å². The maximum Gasteiger partial charge on any atom is 0.255 e. The molecule has 2 aromatic carbocycles. The zero-order valence-corrected chi connectivity index (χ0v) is 16.9. The molecule has 0 radical (unpaired) electrons. The van der Waals surface area contributed by atoms with Crippen LogP contribution in [-0.2, 0) is 4.79 Å². The third kappa shape index (κ3) is 6.04. The number of halogens is 2. The van der Waals surface area contributed by atoms with E-state index in [0.717, 1.165) is 4.90 Å². The summed E-state index contributed by atoms with van der Waals surface area (Å²) < 4.78 is 13.0. The predicted molar refractivity (Wildman–Crippen MR) is 114 cm³/mol. The van der Waals surface area contributed by atoms with E-state index in [2.05, 4.69) is 15.6 Å². The van der Waals surface area contributed by atoms with Crippen LogP contribution in [0, 0.1) is 5.82 Å². The third-order valence-corrected chi connectivity index (χ3v) is 5.18. The van der Waals surface area contributed by atoms with Gasteiger partial charge in [0.15, 0.2) is 0 Å². The molecule has 0 saturated heterocycles. The summed E-state index contributed by atoms with van der Waals surface area (Å²) in [4.78, 5) is 29.5. The fraction of sp³-hybridized carbons (Fsp3) is 0.0952. The van der Waals surface area contributed by atoms with E-state index in [4.69, 9.17) is 11.6 Å². The number of carbonyl (C=O) groups excluding carboxylic acids is 2. The molecule has 0 fully saturated rings. The van der Waals surface area contributed by atoms with Gasteiger partial charge in [0, 0.05) is 22.3 Å². The minimum atomic E-state index is -0.402. The molecule has 0 aliphatic carbocycles. The number of nitrogens with zero attached hydrogens (tertiary/aromatic N) is 1. The fourth-order valence-corrected chi connectivity index (χ4v) is 3.43. The second kappa shape index (κ2) is 9.54. The smallest absolute Gasteiger partial charge is 0.255 e. The largest absolute Gasteiger partial charge is 0.322 e. The molecule has 3 rings (SSSR count). The van der Waals surface area contributed by atoms with Gasteiger partial charge in [-0.2, -0.15) is 0 Å². The maximum atomic E-state index is 13.0. The lowest BCUT2D eigenvalue weighted by Gasteiger charge is -2.13. The topological polar surface area (TPSA) is 71.1 Å². The van der Waals surface area contributed by atoms with Gasteiger partial charge in [0.05, 0.1) is 10.3 Å². The summed E-state index contributed by atoms with van der Waals surface area (Å²) in [6, 6.07) is 15.7. The molecule has 1 heterocycles. The van der Waals surface area contributed by atoms with Crippen molar-refractivity contribution in [3.05, 3.63) is 83.3 Å². The second-order valence-electron chi connectivity index (χ2n) is 6.10. The molecule has 8 heteroatoms. The molecule has 29 heavy (non-hydrogen) atoms. The first-order valence-corrected chi connectivity index (χ1v) is 9.92. The number of aromatic nitrogens is 1. The SMILES string of the molecule is CC(Sc1cccc(NC(=O)c2ccc(F)cc2)c1)C(=O)Nc1ccc(Cl)cn1. The molecule has 1 unspecified atom stereocenters. The quantitative estimate of drug-likeness (QED) is 0.525. The van der Waals surface area contributed by atoms with E-state index in [1.165, 1.54) is 42.2 Å². The molecule has 0 aliphatic rings. The van der Waals surface area contributed by atoms with Crippen molar-refractivity contribution in [2.24, 2.45) is 0 Å². The Morgan fingerprint density at radius 2 is 1.83 bits per heavy atom. The monoisotopic (exact) mass is 429 g/mol. The van der Waals surface area contributed by atoms with E-state index >= 15 is 0 Å². The summed E-state index contributed by atoms with van der Waals surface area (Å²) >= 11 is 7.14. The summed E-state index contributed by atoms with van der Waals surface area (Å²) in [6.07, 6.45) is 1.46. The number of benzene rings is 2. The van der Waals surface area contributed by atoms with E-state index in [1.54, 1.807) is 37.3 Å². The fourth-order valence-electron chi connectivity index (χ4n) is 2.39. The van der Waals surface area contributed by atoms with E-state index < -0.39 is 11.1 Å². The van der Waals surface area contributed by atoms with Gasteiger partial charge in [-0.25, -0.2) is 9.37 Å². The summed E-state index contributed by atoms with van der Waals surface area (Å²) in [5.74, 6) is -0.523. The average Bonchev–Trinajstić information content (AvgIpc) is 2.70. The molecule has 148 valence electrons. The van der Waals surface area contributed by atoms with Gasteiger partial charge in [-0.05, 0) is 61.5 Å². The van der Waals surface area contributed by atoms with Crippen molar-refractivity contribution in [3.8, 4) is 0 Å². The van der Waals surface area contributed by atoms with Crippen LogP contribution < -0.4 is 10.6 Å². The Morgan fingerprint density at radius 3 is 2.52 bits per heavy atom. The van der Waals surface area contributed by atoms with Crippen molar-refractivity contribution in [2.75, 3.05) is 10.6 Å². The summed E-state index contributed by atoms with van der Waals surface area (Å²) in [5, 5.41) is 5.60. The number of anilines is 2. The molecule has 3 aromatic rings. The number of carbonyl (C=O) groups is 2. The molecule has 2 amide bonds. The van der Waals surface area contributed by atoms with Crippen LogP contribution >= 0.6 is 23.4 Å². The van der Waals surface area contributed by atoms with Crippen LogP contribution in [0.25, 0.3) is 0 Å². The van der Waals surface area contributed by atoms with Crippen LogP contribution in [0.5, 0.6) is 0 Å². The maximum absolute atomic E-state index is 13.0. The Balaban J connectivity index is 1.61. The summed E-state index contributed by atoms with van der Waals surface area (Å²) in [6.45, 7) is 1.78. The number of hydrogen-bond donors (Lipinski definition) is 2. The van der Waals surface area contributed by atoms with Crippen LogP contribution in [0.3, 0.4) is 0 Å². The van der Waals surface area contributed by atoms with Crippen molar-refractivity contribution in [2.45, 2.75) is 17.1 Å². The van der Waals surface area contributed by atoms with Gasteiger partial charge in [-0.3, -0.25) is 9.59 Å². The molecule has 5 nitrogen and oxygen atoms in total. The minimum absolute atomic E-state index is 0.203. The van der Waals surface area contributed by atoms with Crippen LogP contribution in [0.15, 0.2) is 71.8 Å². The molecular formula is C21H17ClFN3O2S. The number of rotatable bonds is 6. The predicted octanol–water partition coefficient (Wildman–Crippen LogP) is 5.25. The van der Waals surface area contributed by atoms with Crippen molar-refractivity contribution in [1.82, 2.24) is 4.98 Å². The second-order valence-corrected chi connectivity index (χ2v) is 7.95. The van der Waals surface area contributed by atoms with E-state index in [1.807, 2.05) is 6.07 Å². The highest BCUT2D eigenvalue weighted by atomic mass is 35.5. The number of hydrogen-bond acceptors (Lipinski definition) is 4. The first kappa shape index (κ1) is 20.8. The molecule has 1 aromatic heterocycles. The van der Waals surface area contributed by atoms with Gasteiger partial charge in [-0.15, -0.1) is 11.8 Å². The third-order valence-electron chi connectivity index (χ3n) is 3.86. The van der Waals surface area contributed by atoms with Crippen molar-refractivity contribution in [3.63, 3.8) is 0 Å². The zero-order chi connectivity index (χ0) is 20.8. The van der Waals surface area contributed by atoms with Gasteiger partial charge < -0.3 is 10.6 Å². The first-order valence-electron chi connectivity index (χ1n) is 8.67. The standard InChI is InChI=1S/C21H17ClFN3O2S/c1-13(20(27)26-19-10-7-15(22)12-24-19)29-18-4-2-3-17(11-18)25-21(28)14-5-8-16(23)9-6-14/h2-13H,1H3,(H,25,28)(H,24,26,27). The Bertz CT molecular complexity index is 1010. The normalized spacial score (nSPS) is 11.6. The van der Waals surface area contributed by atoms with Crippen LogP contribution in [0.1, 0.15) is 17.3 Å². The van der Waals surface area contributed by atoms with Crippen molar-refractivity contribution >= 4 is 46.7 Å². The van der Waals surface area contributed by atoms with E-state index in [-0.39, 0.29) is 11.8 Å². The number of thioether (sulfide) groups is 1. The first-order chi connectivity index (χ1) is 13.9. The zero-order valence-electron chi connectivity index (χ0n) is 15.4. The van der Waals surface area contributed by atoms with Crippen LogP contribution in [-0.4, -0.2) is 22.0 Å². The Morgan fingerprint density at radius 1 is 1.07 bits per heavy atom. The lowest BCUT2D eigenvalue weighted by Crippen LogP contribution is -2.22. The molecule has 0 saturated carbocycles. The van der Waals surface area contributed by atoms with E-state index in [0.29, 0.717) is 22.1 Å². The van der Waals surface area contributed by atoms with Crippen molar-refractivity contribution in [1.29, 1.82) is 0 Å². The Kier molecular flexibility index (Phi) is 6.85. The Labute approximate surface area is 176 Å². The highest BCUT2D eigenvalue weighted by Gasteiger charge is 2.16. The number of pyridine rings is 1. The molecule has 0 aliphatic heterocycles. The van der Waals surface area contributed by atoms with Crippen molar-refractivity contribution < 1.29 is 14.0 Å². The number of amides is 2. The lowest BCUT2D eigenvalue weighted by atomic mass is 10.2. The lowest BCUT2D eigenvalue weighted by molar-refractivity contribution is -0.115.